The van der Waals surface area contributed by atoms with Gasteiger partial charge in [-0.1, -0.05) is 6.08 Å². The molecule has 48 valence electrons. The van der Waals surface area contributed by atoms with E-state index in [1.54, 1.807) is 6.92 Å². The summed E-state index contributed by atoms with van der Waals surface area (Å²) in [6.07, 6.45) is 4.99. The molecule has 0 aromatic carbocycles. The van der Waals surface area contributed by atoms with Gasteiger partial charge in [0.1, 0.15) is 0 Å². The highest BCUT2D eigenvalue weighted by atomic mass is 14.7. The monoisotopic (exact) mass is 122 g/mol. The molecule has 0 saturated carbocycles. The molecular formula is C7H10N2. The second-order valence-electron chi connectivity index (χ2n) is 2.08. The second-order valence-corrected chi connectivity index (χ2v) is 2.08. The van der Waals surface area contributed by atoms with E-state index in [0.717, 1.165) is 18.7 Å². The van der Waals surface area contributed by atoms with Gasteiger partial charge >= 0.3 is 0 Å². The van der Waals surface area contributed by atoms with E-state index in [9.17, 15) is 0 Å². The Kier molecular flexibility index (Phi) is 1.78. The summed E-state index contributed by atoms with van der Waals surface area (Å²) in [7, 11) is 0. The smallest absolute Gasteiger partial charge is 0.0775 e. The molecule has 0 aromatic rings. The minimum absolute atomic E-state index is 0.561. The average Bonchev–Trinajstić information content (AvgIpc) is 1.90. The van der Waals surface area contributed by atoms with Gasteiger partial charge in [0.2, 0.25) is 0 Å². The zero-order chi connectivity index (χ0) is 6.69. The molecule has 0 saturated heterocycles. The number of dihydropyridines is 1. The summed E-state index contributed by atoms with van der Waals surface area (Å²) in [5.74, 6) is 0. The van der Waals surface area contributed by atoms with Crippen molar-refractivity contribution in [3.05, 3.63) is 12.2 Å². The van der Waals surface area contributed by atoms with Crippen molar-refractivity contribution >= 4 is 11.4 Å². The zero-order valence-electron chi connectivity index (χ0n) is 5.52. The van der Waals surface area contributed by atoms with E-state index in [2.05, 4.69) is 11.1 Å². The standard InChI is InChI=1S/C7H10N2/c1-6(8)7-4-2-3-5-9-7/h2,4,8H,3,5H2,1H3. The van der Waals surface area contributed by atoms with Crippen molar-refractivity contribution in [2.24, 2.45) is 4.99 Å². The number of nitrogens with one attached hydrogen (secondary N) is 1. The molecule has 0 atom stereocenters. The van der Waals surface area contributed by atoms with Crippen LogP contribution in [0.3, 0.4) is 0 Å². The molecule has 1 N–H and O–H groups in total. The van der Waals surface area contributed by atoms with E-state index in [4.69, 9.17) is 5.41 Å². The molecule has 0 amide bonds. The van der Waals surface area contributed by atoms with Crippen molar-refractivity contribution in [3.63, 3.8) is 0 Å². The minimum Gasteiger partial charge on any atom is -0.303 e. The summed E-state index contributed by atoms with van der Waals surface area (Å²) in [6, 6.07) is 0. The van der Waals surface area contributed by atoms with Crippen molar-refractivity contribution < 1.29 is 0 Å². The molecular weight excluding hydrogens is 112 g/mol. The summed E-state index contributed by atoms with van der Waals surface area (Å²) >= 11 is 0. The lowest BCUT2D eigenvalue weighted by molar-refractivity contribution is 0.997. The topological polar surface area (TPSA) is 36.2 Å². The lowest BCUT2D eigenvalue weighted by Gasteiger charge is -2.01. The van der Waals surface area contributed by atoms with E-state index in [-0.39, 0.29) is 0 Å². The van der Waals surface area contributed by atoms with Gasteiger partial charge in [-0.05, 0) is 19.4 Å². The first-order chi connectivity index (χ1) is 4.30. The molecule has 2 nitrogen and oxygen atoms in total. The van der Waals surface area contributed by atoms with E-state index in [0.29, 0.717) is 5.71 Å². The van der Waals surface area contributed by atoms with Crippen molar-refractivity contribution in [3.8, 4) is 0 Å². The van der Waals surface area contributed by atoms with Crippen molar-refractivity contribution in [1.82, 2.24) is 0 Å². The molecule has 0 bridgehead atoms. The van der Waals surface area contributed by atoms with Crippen LogP contribution in [0.2, 0.25) is 0 Å². The van der Waals surface area contributed by atoms with Crippen LogP contribution in [0.1, 0.15) is 13.3 Å². The fourth-order valence-corrected chi connectivity index (χ4v) is 0.751. The van der Waals surface area contributed by atoms with Gasteiger partial charge in [0.05, 0.1) is 11.4 Å². The Morgan fingerprint density at radius 1 is 1.78 bits per heavy atom. The predicted molar refractivity (Wildman–Crippen MR) is 39.5 cm³/mol. The number of hydrogen-bond donors (Lipinski definition) is 1. The third kappa shape index (κ3) is 1.49. The average molecular weight is 122 g/mol. The highest BCUT2D eigenvalue weighted by Gasteiger charge is 1.98. The second kappa shape index (κ2) is 2.58. The maximum Gasteiger partial charge on any atom is 0.0775 e. The Labute approximate surface area is 54.8 Å². The molecule has 0 unspecified atom stereocenters. The van der Waals surface area contributed by atoms with Crippen LogP contribution < -0.4 is 0 Å². The Hall–Kier alpha value is -0.920. The van der Waals surface area contributed by atoms with Crippen LogP contribution in [-0.2, 0) is 0 Å². The molecule has 1 heterocycles. The number of hydrogen-bond acceptors (Lipinski definition) is 2. The molecule has 1 aliphatic rings. The normalized spacial score (nSPS) is 17.2. The summed E-state index contributed by atoms with van der Waals surface area (Å²) in [5, 5.41) is 7.21. The van der Waals surface area contributed by atoms with Crippen molar-refractivity contribution in [2.45, 2.75) is 13.3 Å². The Balaban J connectivity index is 2.69. The maximum absolute atomic E-state index is 7.21. The predicted octanol–water partition coefficient (Wildman–Crippen LogP) is 1.43. The highest BCUT2D eigenvalue weighted by Crippen LogP contribution is 1.96. The number of allylic oxidation sites excluding steroid dienone is 1. The van der Waals surface area contributed by atoms with Gasteiger partial charge < -0.3 is 5.41 Å². The SMILES string of the molecule is CC(=N)C1=NCCC=C1. The minimum atomic E-state index is 0.561. The largest absolute Gasteiger partial charge is 0.303 e. The first-order valence-electron chi connectivity index (χ1n) is 3.07. The van der Waals surface area contributed by atoms with E-state index >= 15 is 0 Å². The van der Waals surface area contributed by atoms with Crippen LogP contribution in [0.5, 0.6) is 0 Å². The lowest BCUT2D eigenvalue weighted by Crippen LogP contribution is -2.08. The van der Waals surface area contributed by atoms with Gasteiger partial charge in [0, 0.05) is 6.54 Å². The van der Waals surface area contributed by atoms with Gasteiger partial charge in [0.25, 0.3) is 0 Å². The first-order valence-corrected chi connectivity index (χ1v) is 3.07. The van der Waals surface area contributed by atoms with Gasteiger partial charge in [0.15, 0.2) is 0 Å². The molecule has 0 radical (unpaired) electrons. The highest BCUT2D eigenvalue weighted by molar-refractivity contribution is 6.44. The van der Waals surface area contributed by atoms with Crippen LogP contribution in [0, 0.1) is 5.41 Å². The molecule has 0 fully saturated rings. The van der Waals surface area contributed by atoms with Crippen LogP contribution in [0.25, 0.3) is 0 Å². The molecule has 1 aliphatic heterocycles. The maximum atomic E-state index is 7.21. The van der Waals surface area contributed by atoms with Crippen LogP contribution in [0.4, 0.5) is 0 Å². The molecule has 2 heteroatoms. The Bertz CT molecular complexity index is 177. The summed E-state index contributed by atoms with van der Waals surface area (Å²) in [4.78, 5) is 4.13. The molecule has 0 spiro atoms. The zero-order valence-corrected chi connectivity index (χ0v) is 5.52. The number of aliphatic imine (C=N–C) groups is 1. The number of rotatable bonds is 1. The summed E-state index contributed by atoms with van der Waals surface area (Å²) in [6.45, 7) is 2.61. The Morgan fingerprint density at radius 2 is 2.56 bits per heavy atom. The van der Waals surface area contributed by atoms with Crippen molar-refractivity contribution in [1.29, 1.82) is 5.41 Å². The van der Waals surface area contributed by atoms with Crippen LogP contribution in [-0.4, -0.2) is 18.0 Å². The van der Waals surface area contributed by atoms with E-state index in [1.807, 2.05) is 6.08 Å². The fourth-order valence-electron chi connectivity index (χ4n) is 0.751. The Morgan fingerprint density at radius 3 is 2.89 bits per heavy atom. The molecule has 0 aliphatic carbocycles. The van der Waals surface area contributed by atoms with Crippen LogP contribution >= 0.6 is 0 Å². The number of nitrogens with zero attached hydrogens (tertiary/aromatic N) is 1. The fraction of sp³-hybridized carbons (Fsp3) is 0.429. The van der Waals surface area contributed by atoms with Crippen molar-refractivity contribution in [2.75, 3.05) is 6.54 Å². The van der Waals surface area contributed by atoms with Gasteiger partial charge in [-0.25, -0.2) is 0 Å². The summed E-state index contributed by atoms with van der Waals surface area (Å²) < 4.78 is 0. The third-order valence-corrected chi connectivity index (χ3v) is 1.24. The molecule has 0 aromatic heterocycles. The van der Waals surface area contributed by atoms with E-state index < -0.39 is 0 Å². The molecule has 1 rings (SSSR count). The summed E-state index contributed by atoms with van der Waals surface area (Å²) in [5.41, 5.74) is 1.40. The lowest BCUT2D eigenvalue weighted by atomic mass is 10.2. The third-order valence-electron chi connectivity index (χ3n) is 1.24. The van der Waals surface area contributed by atoms with Gasteiger partial charge in [-0.2, -0.15) is 0 Å². The van der Waals surface area contributed by atoms with Gasteiger partial charge in [-0.3, -0.25) is 4.99 Å². The van der Waals surface area contributed by atoms with Crippen LogP contribution in [0.15, 0.2) is 17.1 Å². The first kappa shape index (κ1) is 6.20. The van der Waals surface area contributed by atoms with E-state index in [1.165, 1.54) is 0 Å². The van der Waals surface area contributed by atoms with Gasteiger partial charge in [-0.15, -0.1) is 0 Å². The molecule has 9 heavy (non-hydrogen) atoms. The quantitative estimate of drug-likeness (QED) is 0.511.